The van der Waals surface area contributed by atoms with E-state index in [-0.39, 0.29) is 0 Å². The molecule has 2 N–H and O–H groups in total. The molecule has 0 atom stereocenters. The lowest BCUT2D eigenvalue weighted by atomic mass is 10.1. The summed E-state index contributed by atoms with van der Waals surface area (Å²) in [6.45, 7) is 6.09. The summed E-state index contributed by atoms with van der Waals surface area (Å²) >= 11 is 5.83. The Morgan fingerprint density at radius 2 is 2.08 bits per heavy atom. The van der Waals surface area contributed by atoms with Crippen molar-refractivity contribution in [2.24, 2.45) is 0 Å². The number of nitrogen functional groups attached to an aromatic ring is 1. The van der Waals surface area contributed by atoms with E-state index in [0.29, 0.717) is 16.8 Å². The van der Waals surface area contributed by atoms with Crippen LogP contribution in [0.3, 0.4) is 0 Å². The molecule has 0 fully saturated rings. The fourth-order valence-corrected chi connectivity index (χ4v) is 1.21. The van der Waals surface area contributed by atoms with E-state index < -0.39 is 0 Å². The molecule has 0 saturated heterocycles. The second kappa shape index (κ2) is 3.31. The Kier molecular flexibility index (Phi) is 2.58. The van der Waals surface area contributed by atoms with Gasteiger partial charge >= 0.3 is 0 Å². The van der Waals surface area contributed by atoms with E-state index in [1.807, 2.05) is 13.0 Å². The van der Waals surface area contributed by atoms with Crippen molar-refractivity contribution in [2.75, 3.05) is 5.73 Å². The van der Waals surface area contributed by atoms with Crippen molar-refractivity contribution in [1.29, 1.82) is 0 Å². The monoisotopic (exact) mass is 184 g/mol. The van der Waals surface area contributed by atoms with Crippen molar-refractivity contribution in [1.82, 2.24) is 4.98 Å². The van der Waals surface area contributed by atoms with E-state index in [1.165, 1.54) is 0 Å². The molecule has 2 nitrogen and oxygen atoms in total. The van der Waals surface area contributed by atoms with Crippen molar-refractivity contribution in [3.63, 3.8) is 0 Å². The minimum Gasteiger partial charge on any atom is -0.396 e. The molecule has 66 valence electrons. The third-order valence-corrected chi connectivity index (χ3v) is 2.12. The molecule has 0 aliphatic rings. The Morgan fingerprint density at radius 3 is 2.50 bits per heavy atom. The highest BCUT2D eigenvalue weighted by Crippen LogP contribution is 2.24. The number of aromatic nitrogens is 1. The molecule has 0 aromatic carbocycles. The van der Waals surface area contributed by atoms with Gasteiger partial charge in [-0.3, -0.25) is 0 Å². The zero-order chi connectivity index (χ0) is 9.30. The van der Waals surface area contributed by atoms with Crippen LogP contribution in [0.5, 0.6) is 0 Å². The van der Waals surface area contributed by atoms with Gasteiger partial charge < -0.3 is 5.73 Å². The van der Waals surface area contributed by atoms with Crippen LogP contribution in [0.15, 0.2) is 6.07 Å². The molecule has 0 spiro atoms. The molecule has 12 heavy (non-hydrogen) atoms. The lowest BCUT2D eigenvalue weighted by Gasteiger charge is -2.08. The molecule has 0 amide bonds. The van der Waals surface area contributed by atoms with E-state index in [9.17, 15) is 0 Å². The van der Waals surface area contributed by atoms with Gasteiger partial charge in [0.15, 0.2) is 5.15 Å². The van der Waals surface area contributed by atoms with Crippen LogP contribution in [-0.4, -0.2) is 4.98 Å². The van der Waals surface area contributed by atoms with Crippen LogP contribution in [0.1, 0.15) is 31.0 Å². The molecular formula is C9H13ClN2. The van der Waals surface area contributed by atoms with E-state index in [1.54, 1.807) is 0 Å². The highest BCUT2D eigenvalue weighted by Gasteiger charge is 2.06. The van der Waals surface area contributed by atoms with Gasteiger partial charge in [-0.05, 0) is 24.5 Å². The van der Waals surface area contributed by atoms with Crippen LogP contribution in [-0.2, 0) is 0 Å². The topological polar surface area (TPSA) is 38.9 Å². The predicted octanol–water partition coefficient (Wildman–Crippen LogP) is 2.75. The van der Waals surface area contributed by atoms with E-state index in [4.69, 9.17) is 17.3 Å². The van der Waals surface area contributed by atoms with Crippen molar-refractivity contribution in [3.8, 4) is 0 Å². The number of nitrogens with two attached hydrogens (primary N) is 1. The molecule has 0 unspecified atom stereocenters. The maximum atomic E-state index is 5.83. The molecule has 0 saturated carbocycles. The molecule has 0 radical (unpaired) electrons. The molecule has 0 bridgehead atoms. The minimum atomic E-state index is 0.391. The van der Waals surface area contributed by atoms with Crippen molar-refractivity contribution < 1.29 is 0 Å². The SMILES string of the molecule is Cc1cc(C(C)C)nc(Cl)c1N. The van der Waals surface area contributed by atoms with E-state index in [2.05, 4.69) is 18.8 Å². The van der Waals surface area contributed by atoms with Gasteiger partial charge in [0, 0.05) is 5.69 Å². The first kappa shape index (κ1) is 9.33. The van der Waals surface area contributed by atoms with Crippen LogP contribution >= 0.6 is 11.6 Å². The lowest BCUT2D eigenvalue weighted by molar-refractivity contribution is 0.821. The first-order chi connectivity index (χ1) is 5.52. The zero-order valence-electron chi connectivity index (χ0n) is 7.56. The predicted molar refractivity (Wildman–Crippen MR) is 52.5 cm³/mol. The van der Waals surface area contributed by atoms with Crippen LogP contribution in [0.25, 0.3) is 0 Å². The number of hydrogen-bond acceptors (Lipinski definition) is 2. The zero-order valence-corrected chi connectivity index (χ0v) is 8.31. The Bertz CT molecular complexity index is 272. The summed E-state index contributed by atoms with van der Waals surface area (Å²) in [7, 11) is 0. The second-order valence-corrected chi connectivity index (χ2v) is 3.58. The standard InChI is InChI=1S/C9H13ClN2/c1-5(2)7-4-6(3)8(11)9(10)12-7/h4-5H,11H2,1-3H3. The van der Waals surface area contributed by atoms with Gasteiger partial charge in [-0.25, -0.2) is 4.98 Å². The van der Waals surface area contributed by atoms with E-state index >= 15 is 0 Å². The Hall–Kier alpha value is -0.760. The van der Waals surface area contributed by atoms with Gasteiger partial charge in [-0.1, -0.05) is 25.4 Å². The van der Waals surface area contributed by atoms with Gasteiger partial charge in [-0.2, -0.15) is 0 Å². The molecule has 3 heteroatoms. The lowest BCUT2D eigenvalue weighted by Crippen LogP contribution is -1.99. The fourth-order valence-electron chi connectivity index (χ4n) is 0.964. The van der Waals surface area contributed by atoms with Gasteiger partial charge in [0.05, 0.1) is 5.69 Å². The molecule has 1 aromatic heterocycles. The first-order valence-corrected chi connectivity index (χ1v) is 4.32. The summed E-state index contributed by atoms with van der Waals surface area (Å²) in [5.74, 6) is 0.391. The first-order valence-electron chi connectivity index (χ1n) is 3.95. The normalized spacial score (nSPS) is 10.8. The molecule has 0 aliphatic heterocycles. The highest BCUT2D eigenvalue weighted by atomic mass is 35.5. The number of rotatable bonds is 1. The van der Waals surface area contributed by atoms with Crippen molar-refractivity contribution in [2.45, 2.75) is 26.7 Å². The third-order valence-electron chi connectivity index (χ3n) is 1.83. The van der Waals surface area contributed by atoms with Gasteiger partial charge in [0.25, 0.3) is 0 Å². The van der Waals surface area contributed by atoms with Crippen LogP contribution in [0, 0.1) is 6.92 Å². The molecule has 1 rings (SSSR count). The van der Waals surface area contributed by atoms with Crippen LogP contribution in [0.2, 0.25) is 5.15 Å². The second-order valence-electron chi connectivity index (χ2n) is 3.22. The Balaban J connectivity index is 3.21. The summed E-state index contributed by atoms with van der Waals surface area (Å²) < 4.78 is 0. The number of nitrogens with zero attached hydrogens (tertiary/aromatic N) is 1. The van der Waals surface area contributed by atoms with E-state index in [0.717, 1.165) is 11.3 Å². The van der Waals surface area contributed by atoms with Gasteiger partial charge in [0.2, 0.25) is 0 Å². The number of pyridine rings is 1. The molecular weight excluding hydrogens is 172 g/mol. The average Bonchev–Trinajstić information content (AvgIpc) is 1.99. The Labute approximate surface area is 77.8 Å². The number of aryl methyl sites for hydroxylation is 1. The fraction of sp³-hybridized carbons (Fsp3) is 0.444. The van der Waals surface area contributed by atoms with Crippen LogP contribution in [0.4, 0.5) is 5.69 Å². The smallest absolute Gasteiger partial charge is 0.152 e. The molecule has 0 aliphatic carbocycles. The summed E-state index contributed by atoms with van der Waals surface area (Å²) in [5, 5.41) is 0.415. The minimum absolute atomic E-state index is 0.391. The van der Waals surface area contributed by atoms with Gasteiger partial charge in [-0.15, -0.1) is 0 Å². The molecule has 1 heterocycles. The third kappa shape index (κ3) is 1.69. The quantitative estimate of drug-likeness (QED) is 0.682. The van der Waals surface area contributed by atoms with Crippen LogP contribution < -0.4 is 5.73 Å². The number of anilines is 1. The summed E-state index contributed by atoms with van der Waals surface area (Å²) in [6.07, 6.45) is 0. The maximum absolute atomic E-state index is 5.83. The van der Waals surface area contributed by atoms with Gasteiger partial charge in [0.1, 0.15) is 0 Å². The number of hydrogen-bond donors (Lipinski definition) is 1. The summed E-state index contributed by atoms with van der Waals surface area (Å²) in [5.41, 5.74) is 8.23. The Morgan fingerprint density at radius 1 is 1.50 bits per heavy atom. The average molecular weight is 185 g/mol. The number of halogens is 1. The van der Waals surface area contributed by atoms with Crippen molar-refractivity contribution in [3.05, 3.63) is 22.5 Å². The maximum Gasteiger partial charge on any atom is 0.152 e. The summed E-state index contributed by atoms with van der Waals surface area (Å²) in [6, 6.07) is 1.98. The highest BCUT2D eigenvalue weighted by molar-refractivity contribution is 6.32. The molecule has 1 aromatic rings. The van der Waals surface area contributed by atoms with Crippen molar-refractivity contribution >= 4 is 17.3 Å². The largest absolute Gasteiger partial charge is 0.396 e. The summed E-state index contributed by atoms with van der Waals surface area (Å²) in [4.78, 5) is 4.17.